The number of nitrogens with one attached hydrogen (secondary N) is 1. The lowest BCUT2D eigenvalue weighted by atomic mass is 9.93. The number of hydrogen-bond donors (Lipinski definition) is 1. The molecule has 2 heterocycles. The highest BCUT2D eigenvalue weighted by atomic mass is 16.5. The number of imidazole rings is 1. The molecular formula is C16H21N3O. The summed E-state index contributed by atoms with van der Waals surface area (Å²) >= 11 is 0. The molecule has 2 aromatic rings. The highest BCUT2D eigenvalue weighted by molar-refractivity contribution is 5.31. The van der Waals surface area contributed by atoms with Gasteiger partial charge in [0.15, 0.2) is 0 Å². The van der Waals surface area contributed by atoms with Gasteiger partial charge in [-0.1, -0.05) is 24.3 Å². The summed E-state index contributed by atoms with van der Waals surface area (Å²) in [6, 6.07) is 8.79. The van der Waals surface area contributed by atoms with Crippen molar-refractivity contribution in [3.8, 4) is 0 Å². The second-order valence-electron chi connectivity index (χ2n) is 5.28. The van der Waals surface area contributed by atoms with Gasteiger partial charge in [0.25, 0.3) is 0 Å². The zero-order valence-corrected chi connectivity index (χ0v) is 12.0. The largest absolute Gasteiger partial charge is 0.373 e. The molecule has 0 fully saturated rings. The van der Waals surface area contributed by atoms with Crippen molar-refractivity contribution in [2.24, 2.45) is 7.05 Å². The van der Waals surface area contributed by atoms with E-state index < -0.39 is 0 Å². The van der Waals surface area contributed by atoms with Crippen LogP contribution in [0.5, 0.6) is 0 Å². The number of rotatable bonds is 4. The van der Waals surface area contributed by atoms with Crippen molar-refractivity contribution in [1.29, 1.82) is 0 Å². The van der Waals surface area contributed by atoms with Crippen LogP contribution in [0.2, 0.25) is 0 Å². The molecule has 2 atom stereocenters. The lowest BCUT2D eigenvalue weighted by molar-refractivity contribution is 0.0290. The van der Waals surface area contributed by atoms with Crippen LogP contribution in [-0.4, -0.2) is 23.2 Å². The van der Waals surface area contributed by atoms with Crippen LogP contribution in [0.1, 0.15) is 35.5 Å². The van der Waals surface area contributed by atoms with Crippen molar-refractivity contribution < 1.29 is 4.74 Å². The smallest absolute Gasteiger partial charge is 0.125 e. The van der Waals surface area contributed by atoms with Crippen LogP contribution in [0.4, 0.5) is 0 Å². The number of nitrogens with zero attached hydrogens (tertiary/aromatic N) is 2. The monoisotopic (exact) mass is 271 g/mol. The van der Waals surface area contributed by atoms with Crippen LogP contribution in [0, 0.1) is 0 Å². The molecule has 1 aliphatic heterocycles. The molecule has 106 valence electrons. The van der Waals surface area contributed by atoms with E-state index >= 15 is 0 Å². The van der Waals surface area contributed by atoms with Crippen molar-refractivity contribution in [3.05, 3.63) is 53.6 Å². The third kappa shape index (κ3) is 2.49. The van der Waals surface area contributed by atoms with Gasteiger partial charge in [0, 0.05) is 25.9 Å². The SMILES string of the molecule is CNC(CC1OCCc2ccccc21)c1nccn1C. The Kier molecular flexibility index (Phi) is 3.85. The summed E-state index contributed by atoms with van der Waals surface area (Å²) in [6.45, 7) is 0.804. The molecule has 0 saturated carbocycles. The Morgan fingerprint density at radius 1 is 1.45 bits per heavy atom. The van der Waals surface area contributed by atoms with E-state index in [1.165, 1.54) is 11.1 Å². The lowest BCUT2D eigenvalue weighted by Crippen LogP contribution is -2.25. The molecule has 0 saturated heterocycles. The van der Waals surface area contributed by atoms with E-state index in [0.717, 1.165) is 25.3 Å². The molecular weight excluding hydrogens is 250 g/mol. The van der Waals surface area contributed by atoms with E-state index in [-0.39, 0.29) is 12.1 Å². The van der Waals surface area contributed by atoms with Gasteiger partial charge in [-0.05, 0) is 24.6 Å². The second-order valence-corrected chi connectivity index (χ2v) is 5.28. The summed E-state index contributed by atoms with van der Waals surface area (Å²) in [7, 11) is 4.01. The Hall–Kier alpha value is -1.65. The molecule has 20 heavy (non-hydrogen) atoms. The fourth-order valence-corrected chi connectivity index (χ4v) is 2.95. The molecule has 0 radical (unpaired) electrons. The van der Waals surface area contributed by atoms with Crippen LogP contribution < -0.4 is 5.32 Å². The molecule has 4 nitrogen and oxygen atoms in total. The highest BCUT2D eigenvalue weighted by Gasteiger charge is 2.25. The van der Waals surface area contributed by atoms with Gasteiger partial charge in [-0.25, -0.2) is 4.98 Å². The number of ether oxygens (including phenoxy) is 1. The third-order valence-electron chi connectivity index (χ3n) is 4.06. The summed E-state index contributed by atoms with van der Waals surface area (Å²) in [5, 5.41) is 3.36. The number of hydrogen-bond acceptors (Lipinski definition) is 3. The normalized spacial score (nSPS) is 19.6. The average molecular weight is 271 g/mol. The minimum atomic E-state index is 0.147. The maximum atomic E-state index is 6.00. The minimum Gasteiger partial charge on any atom is -0.373 e. The second kappa shape index (κ2) is 5.77. The molecule has 0 bridgehead atoms. The zero-order chi connectivity index (χ0) is 13.9. The van der Waals surface area contributed by atoms with E-state index in [1.54, 1.807) is 0 Å². The Bertz CT molecular complexity index is 579. The maximum Gasteiger partial charge on any atom is 0.125 e. The Morgan fingerprint density at radius 2 is 2.30 bits per heavy atom. The Morgan fingerprint density at radius 3 is 3.05 bits per heavy atom. The van der Waals surface area contributed by atoms with E-state index in [9.17, 15) is 0 Å². The molecule has 1 aromatic heterocycles. The molecule has 1 aliphatic rings. The standard InChI is InChI=1S/C16H21N3O/c1-17-14(16-18-8-9-19(16)2)11-15-13-6-4-3-5-12(13)7-10-20-15/h3-6,8-9,14-15,17H,7,10-11H2,1-2H3. The Balaban J connectivity index is 1.82. The van der Waals surface area contributed by atoms with Gasteiger partial charge in [0.1, 0.15) is 5.82 Å². The summed E-state index contributed by atoms with van der Waals surface area (Å²) < 4.78 is 8.06. The quantitative estimate of drug-likeness (QED) is 0.928. The summed E-state index contributed by atoms with van der Waals surface area (Å²) in [6.07, 6.45) is 5.89. The topological polar surface area (TPSA) is 39.1 Å². The minimum absolute atomic E-state index is 0.147. The van der Waals surface area contributed by atoms with Crippen LogP contribution in [0.15, 0.2) is 36.7 Å². The number of aryl methyl sites for hydroxylation is 1. The van der Waals surface area contributed by atoms with E-state index in [2.05, 4.69) is 39.1 Å². The predicted molar refractivity (Wildman–Crippen MR) is 78.5 cm³/mol. The first kappa shape index (κ1) is 13.3. The van der Waals surface area contributed by atoms with Gasteiger partial charge in [-0.15, -0.1) is 0 Å². The first-order valence-corrected chi connectivity index (χ1v) is 7.13. The molecule has 0 aliphatic carbocycles. The first-order chi connectivity index (χ1) is 9.79. The van der Waals surface area contributed by atoms with Gasteiger partial charge in [0.05, 0.1) is 18.8 Å². The number of benzene rings is 1. The summed E-state index contributed by atoms with van der Waals surface area (Å²) in [5.74, 6) is 1.05. The van der Waals surface area contributed by atoms with Crippen LogP contribution >= 0.6 is 0 Å². The Labute approximate surface area is 119 Å². The van der Waals surface area contributed by atoms with Crippen molar-refractivity contribution in [1.82, 2.24) is 14.9 Å². The average Bonchev–Trinajstić information content (AvgIpc) is 2.91. The van der Waals surface area contributed by atoms with Gasteiger partial charge >= 0.3 is 0 Å². The van der Waals surface area contributed by atoms with Crippen LogP contribution in [-0.2, 0) is 18.2 Å². The zero-order valence-electron chi connectivity index (χ0n) is 12.0. The molecule has 3 rings (SSSR count). The number of aromatic nitrogens is 2. The molecule has 4 heteroatoms. The molecule has 0 amide bonds. The fraction of sp³-hybridized carbons (Fsp3) is 0.438. The summed E-state index contributed by atoms with van der Waals surface area (Å²) in [5.41, 5.74) is 2.74. The summed E-state index contributed by atoms with van der Waals surface area (Å²) in [4.78, 5) is 4.45. The fourth-order valence-electron chi connectivity index (χ4n) is 2.95. The molecule has 1 N–H and O–H groups in total. The van der Waals surface area contributed by atoms with Crippen molar-refractivity contribution >= 4 is 0 Å². The predicted octanol–water partition coefficient (Wildman–Crippen LogP) is 2.38. The van der Waals surface area contributed by atoms with Crippen LogP contribution in [0.3, 0.4) is 0 Å². The number of fused-ring (bicyclic) bond motifs is 1. The van der Waals surface area contributed by atoms with E-state index in [1.807, 2.05) is 26.5 Å². The van der Waals surface area contributed by atoms with Gasteiger partial charge in [0.2, 0.25) is 0 Å². The maximum absolute atomic E-state index is 6.00. The van der Waals surface area contributed by atoms with Crippen molar-refractivity contribution in [2.45, 2.75) is 25.0 Å². The van der Waals surface area contributed by atoms with Crippen molar-refractivity contribution in [3.63, 3.8) is 0 Å². The van der Waals surface area contributed by atoms with Crippen LogP contribution in [0.25, 0.3) is 0 Å². The van der Waals surface area contributed by atoms with Gasteiger partial charge in [-0.3, -0.25) is 0 Å². The third-order valence-corrected chi connectivity index (χ3v) is 4.06. The molecule has 0 spiro atoms. The van der Waals surface area contributed by atoms with E-state index in [0.29, 0.717) is 0 Å². The first-order valence-electron chi connectivity index (χ1n) is 7.13. The molecule has 2 unspecified atom stereocenters. The van der Waals surface area contributed by atoms with Gasteiger partial charge < -0.3 is 14.6 Å². The van der Waals surface area contributed by atoms with Crippen molar-refractivity contribution in [2.75, 3.05) is 13.7 Å². The van der Waals surface area contributed by atoms with E-state index in [4.69, 9.17) is 4.74 Å². The lowest BCUT2D eigenvalue weighted by Gasteiger charge is -2.29. The molecule has 1 aromatic carbocycles. The van der Waals surface area contributed by atoms with Gasteiger partial charge in [-0.2, -0.15) is 0 Å². The highest BCUT2D eigenvalue weighted by Crippen LogP contribution is 2.33.